The molecule has 1 aliphatic rings. The minimum absolute atomic E-state index is 0.562. The molecule has 1 heterocycles. The molecule has 1 aliphatic carbocycles. The normalized spacial score (nSPS) is 23.1. The van der Waals surface area contributed by atoms with E-state index in [9.17, 15) is 0 Å². The molecule has 0 radical (unpaired) electrons. The van der Waals surface area contributed by atoms with E-state index in [0.717, 1.165) is 29.0 Å². The molecule has 19 heavy (non-hydrogen) atoms. The molecule has 0 unspecified atom stereocenters. The van der Waals surface area contributed by atoms with Crippen LogP contribution >= 0.6 is 11.8 Å². The Bertz CT molecular complexity index is 402. The summed E-state index contributed by atoms with van der Waals surface area (Å²) in [6, 6.07) is 0.562. The van der Waals surface area contributed by atoms with E-state index >= 15 is 0 Å². The maximum atomic E-state index is 4.39. The smallest absolute Gasteiger partial charge is 0.134 e. The number of thioether (sulfide) groups is 1. The van der Waals surface area contributed by atoms with Gasteiger partial charge in [-0.15, -0.1) is 0 Å². The average Bonchev–Trinajstić information content (AvgIpc) is 2.44. The minimum Gasteiger partial charge on any atom is -0.370 e. The maximum absolute atomic E-state index is 4.39. The van der Waals surface area contributed by atoms with Crippen LogP contribution in [0.15, 0.2) is 6.33 Å². The molecule has 0 bridgehead atoms. The van der Waals surface area contributed by atoms with E-state index < -0.39 is 0 Å². The first-order valence-corrected chi connectivity index (χ1v) is 8.38. The van der Waals surface area contributed by atoms with Crippen molar-refractivity contribution < 1.29 is 0 Å². The zero-order chi connectivity index (χ0) is 13.7. The molecule has 0 saturated heterocycles. The monoisotopic (exact) mass is 280 g/mol. The molecule has 2 rings (SSSR count). The van der Waals surface area contributed by atoms with Crippen molar-refractivity contribution in [2.24, 2.45) is 0 Å². The fraction of sp³-hybridized carbons (Fsp3) is 0.714. The molecular weight excluding hydrogens is 256 g/mol. The van der Waals surface area contributed by atoms with E-state index in [1.807, 2.05) is 11.8 Å². The van der Waals surface area contributed by atoms with Crippen LogP contribution in [0.4, 0.5) is 11.6 Å². The number of anilines is 2. The Morgan fingerprint density at radius 3 is 2.53 bits per heavy atom. The van der Waals surface area contributed by atoms with E-state index in [2.05, 4.69) is 40.7 Å². The molecule has 1 aromatic heterocycles. The Balaban J connectivity index is 1.98. The molecule has 1 aromatic rings. The van der Waals surface area contributed by atoms with E-state index in [4.69, 9.17) is 0 Å². The minimum atomic E-state index is 0.562. The molecule has 1 fully saturated rings. The second-order valence-electron chi connectivity index (χ2n) is 5.08. The lowest BCUT2D eigenvalue weighted by Gasteiger charge is -2.29. The largest absolute Gasteiger partial charge is 0.370 e. The van der Waals surface area contributed by atoms with Gasteiger partial charge in [0, 0.05) is 23.4 Å². The lowest BCUT2D eigenvalue weighted by Crippen LogP contribution is -2.28. The van der Waals surface area contributed by atoms with Gasteiger partial charge in [-0.3, -0.25) is 0 Å². The third kappa shape index (κ3) is 3.75. The molecule has 106 valence electrons. The summed E-state index contributed by atoms with van der Waals surface area (Å²) in [5.74, 6) is 1.93. The fourth-order valence-corrected chi connectivity index (χ4v) is 3.32. The number of hydrogen-bond acceptors (Lipinski definition) is 5. The van der Waals surface area contributed by atoms with E-state index in [1.54, 1.807) is 6.33 Å². The molecule has 0 spiro atoms. The van der Waals surface area contributed by atoms with Crippen LogP contribution in [0.25, 0.3) is 0 Å². The van der Waals surface area contributed by atoms with E-state index in [-0.39, 0.29) is 0 Å². The molecule has 0 aromatic carbocycles. The summed E-state index contributed by atoms with van der Waals surface area (Å²) in [5, 5.41) is 7.72. The van der Waals surface area contributed by atoms with Gasteiger partial charge in [-0.25, -0.2) is 9.97 Å². The Morgan fingerprint density at radius 1 is 1.21 bits per heavy atom. The summed E-state index contributed by atoms with van der Waals surface area (Å²) in [5.41, 5.74) is 1.12. The maximum Gasteiger partial charge on any atom is 0.134 e. The van der Waals surface area contributed by atoms with Gasteiger partial charge in [-0.05, 0) is 45.8 Å². The van der Waals surface area contributed by atoms with Gasteiger partial charge >= 0.3 is 0 Å². The Morgan fingerprint density at radius 2 is 1.89 bits per heavy atom. The highest BCUT2D eigenvalue weighted by Crippen LogP contribution is 2.29. The SMILES string of the molecule is CCNc1ncnc(NC2CCC(SC)CC2)c1C. The quantitative estimate of drug-likeness (QED) is 0.866. The summed E-state index contributed by atoms with van der Waals surface area (Å²) in [4.78, 5) is 8.67. The predicted molar refractivity (Wildman–Crippen MR) is 84.1 cm³/mol. The second kappa shape index (κ2) is 6.98. The van der Waals surface area contributed by atoms with Crippen molar-refractivity contribution in [2.75, 3.05) is 23.4 Å². The standard InChI is InChI=1S/C14H24N4S/c1-4-15-13-10(2)14(17-9-16-13)18-11-5-7-12(19-3)8-6-11/h9,11-12H,4-8H2,1-3H3,(H2,15,16,17,18). The molecule has 1 saturated carbocycles. The highest BCUT2D eigenvalue weighted by molar-refractivity contribution is 7.99. The van der Waals surface area contributed by atoms with Crippen LogP contribution in [0.2, 0.25) is 0 Å². The van der Waals surface area contributed by atoms with Gasteiger partial charge in [0.15, 0.2) is 0 Å². The topological polar surface area (TPSA) is 49.8 Å². The summed E-state index contributed by atoms with van der Waals surface area (Å²) in [6.45, 7) is 5.04. The molecule has 4 nitrogen and oxygen atoms in total. The number of hydrogen-bond donors (Lipinski definition) is 2. The first-order valence-electron chi connectivity index (χ1n) is 7.09. The van der Waals surface area contributed by atoms with Gasteiger partial charge in [0.25, 0.3) is 0 Å². The van der Waals surface area contributed by atoms with Crippen LogP contribution in [0, 0.1) is 6.92 Å². The highest BCUT2D eigenvalue weighted by Gasteiger charge is 2.21. The molecule has 2 N–H and O–H groups in total. The van der Waals surface area contributed by atoms with Crippen LogP contribution in [0.1, 0.15) is 38.2 Å². The van der Waals surface area contributed by atoms with Crippen molar-refractivity contribution in [1.82, 2.24) is 9.97 Å². The van der Waals surface area contributed by atoms with Gasteiger partial charge in [0.05, 0.1) is 0 Å². The van der Waals surface area contributed by atoms with E-state index in [1.165, 1.54) is 25.7 Å². The summed E-state index contributed by atoms with van der Waals surface area (Å²) < 4.78 is 0. The van der Waals surface area contributed by atoms with Crippen molar-refractivity contribution >= 4 is 23.4 Å². The van der Waals surface area contributed by atoms with Gasteiger partial charge in [-0.2, -0.15) is 11.8 Å². The lowest BCUT2D eigenvalue weighted by atomic mass is 9.95. The Hall–Kier alpha value is -0.970. The third-order valence-corrected chi connectivity index (χ3v) is 4.91. The Kier molecular flexibility index (Phi) is 5.31. The van der Waals surface area contributed by atoms with E-state index in [0.29, 0.717) is 6.04 Å². The van der Waals surface area contributed by atoms with Crippen LogP contribution in [0.5, 0.6) is 0 Å². The molecule has 0 aliphatic heterocycles. The van der Waals surface area contributed by atoms with Gasteiger partial charge < -0.3 is 10.6 Å². The first kappa shape index (κ1) is 14.4. The summed E-state index contributed by atoms with van der Waals surface area (Å²) in [7, 11) is 0. The van der Waals surface area contributed by atoms with Crippen LogP contribution in [-0.4, -0.2) is 34.1 Å². The fourth-order valence-electron chi connectivity index (χ4n) is 2.58. The Labute approximate surface area is 120 Å². The highest BCUT2D eigenvalue weighted by atomic mass is 32.2. The van der Waals surface area contributed by atoms with Crippen molar-refractivity contribution in [2.45, 2.75) is 50.8 Å². The number of aromatic nitrogens is 2. The molecule has 5 heteroatoms. The molecule has 0 atom stereocenters. The molecular formula is C14H24N4S. The zero-order valence-corrected chi connectivity index (χ0v) is 12.9. The van der Waals surface area contributed by atoms with Crippen molar-refractivity contribution in [1.29, 1.82) is 0 Å². The zero-order valence-electron chi connectivity index (χ0n) is 12.1. The second-order valence-corrected chi connectivity index (χ2v) is 6.22. The summed E-state index contributed by atoms with van der Waals surface area (Å²) >= 11 is 2.00. The van der Waals surface area contributed by atoms with Crippen LogP contribution in [-0.2, 0) is 0 Å². The molecule has 0 amide bonds. The average molecular weight is 280 g/mol. The number of nitrogens with one attached hydrogen (secondary N) is 2. The lowest BCUT2D eigenvalue weighted by molar-refractivity contribution is 0.472. The van der Waals surface area contributed by atoms with Gasteiger partial charge in [0.1, 0.15) is 18.0 Å². The number of rotatable bonds is 5. The first-order chi connectivity index (χ1) is 9.24. The number of nitrogens with zero attached hydrogens (tertiary/aromatic N) is 2. The van der Waals surface area contributed by atoms with Crippen LogP contribution < -0.4 is 10.6 Å². The van der Waals surface area contributed by atoms with Crippen molar-refractivity contribution in [3.63, 3.8) is 0 Å². The van der Waals surface area contributed by atoms with Crippen molar-refractivity contribution in [3.05, 3.63) is 11.9 Å². The van der Waals surface area contributed by atoms with Gasteiger partial charge in [-0.1, -0.05) is 0 Å². The third-order valence-electron chi connectivity index (χ3n) is 3.78. The predicted octanol–water partition coefficient (Wildman–Crippen LogP) is 3.30. The van der Waals surface area contributed by atoms with Crippen molar-refractivity contribution in [3.8, 4) is 0 Å². The van der Waals surface area contributed by atoms with Crippen LogP contribution in [0.3, 0.4) is 0 Å². The van der Waals surface area contributed by atoms with Gasteiger partial charge in [0.2, 0.25) is 0 Å². The summed E-state index contributed by atoms with van der Waals surface area (Å²) in [6.07, 6.45) is 8.96.